The molecule has 0 bridgehead atoms. The minimum atomic E-state index is 0.0466. The summed E-state index contributed by atoms with van der Waals surface area (Å²) in [6, 6.07) is 16.0. The normalized spacial score (nSPS) is 12.5. The topological polar surface area (TPSA) is 47.3 Å². The van der Waals surface area contributed by atoms with Crippen LogP contribution in [0.15, 0.2) is 52.9 Å². The summed E-state index contributed by atoms with van der Waals surface area (Å²) in [4.78, 5) is 4.46. The number of aromatic nitrogens is 1. The van der Waals surface area contributed by atoms with E-state index < -0.39 is 0 Å². The summed E-state index contributed by atoms with van der Waals surface area (Å²) in [5.74, 6) is 0. The molecule has 0 aliphatic rings. The fourth-order valence-corrected chi connectivity index (χ4v) is 2.46. The van der Waals surface area contributed by atoms with Crippen LogP contribution in [0, 0.1) is 0 Å². The molecule has 0 saturated heterocycles. The van der Waals surface area contributed by atoms with E-state index in [-0.39, 0.29) is 6.04 Å². The van der Waals surface area contributed by atoms with Gasteiger partial charge in [0.15, 0.2) is 5.58 Å². The highest BCUT2D eigenvalue weighted by Crippen LogP contribution is 2.26. The molecule has 5 heteroatoms. The lowest BCUT2D eigenvalue weighted by atomic mass is 10.0. The van der Waals surface area contributed by atoms with Gasteiger partial charge in [0.1, 0.15) is 5.52 Å². The number of benzene rings is 2. The molecule has 1 aromatic heterocycles. The predicted molar refractivity (Wildman–Crippen MR) is 88.3 cm³/mol. The van der Waals surface area contributed by atoms with E-state index in [1.807, 2.05) is 48.5 Å². The van der Waals surface area contributed by atoms with Gasteiger partial charge in [-0.05, 0) is 36.2 Å². The Morgan fingerprint density at radius 2 is 1.95 bits per heavy atom. The highest BCUT2D eigenvalue weighted by atomic mass is 35.5. The van der Waals surface area contributed by atoms with E-state index in [1.54, 1.807) is 7.11 Å². The van der Waals surface area contributed by atoms with Crippen molar-refractivity contribution in [1.29, 1.82) is 0 Å². The second kappa shape index (κ2) is 6.81. The fraction of sp³-hybridized carbons (Fsp3) is 0.235. The molecule has 0 saturated carbocycles. The van der Waals surface area contributed by atoms with Crippen LogP contribution in [0.5, 0.6) is 0 Å². The summed E-state index contributed by atoms with van der Waals surface area (Å²) in [6.45, 7) is 0.639. The van der Waals surface area contributed by atoms with Crippen molar-refractivity contribution in [2.45, 2.75) is 12.5 Å². The molecule has 3 aromatic rings. The van der Waals surface area contributed by atoms with Gasteiger partial charge >= 0.3 is 0 Å². The van der Waals surface area contributed by atoms with Crippen LogP contribution < -0.4 is 5.32 Å². The van der Waals surface area contributed by atoms with Crippen LogP contribution in [0.25, 0.3) is 11.1 Å². The Morgan fingerprint density at radius 1 is 1.18 bits per heavy atom. The van der Waals surface area contributed by atoms with E-state index in [2.05, 4.69) is 10.3 Å². The average molecular weight is 317 g/mol. The van der Waals surface area contributed by atoms with Gasteiger partial charge in [0, 0.05) is 18.7 Å². The Bertz CT molecular complexity index is 707. The second-order valence-corrected chi connectivity index (χ2v) is 5.45. The van der Waals surface area contributed by atoms with E-state index in [9.17, 15) is 0 Å². The van der Waals surface area contributed by atoms with Crippen LogP contribution in [0.3, 0.4) is 0 Å². The smallest absolute Gasteiger partial charge is 0.296 e. The molecule has 0 amide bonds. The van der Waals surface area contributed by atoms with E-state index in [4.69, 9.17) is 20.8 Å². The van der Waals surface area contributed by atoms with Gasteiger partial charge in [0.2, 0.25) is 0 Å². The van der Waals surface area contributed by atoms with Crippen LogP contribution in [0.2, 0.25) is 5.02 Å². The van der Waals surface area contributed by atoms with Crippen LogP contribution in [0.4, 0.5) is 6.01 Å². The average Bonchev–Trinajstić information content (AvgIpc) is 2.94. The molecular weight excluding hydrogens is 300 g/mol. The summed E-state index contributed by atoms with van der Waals surface area (Å²) in [7, 11) is 1.69. The van der Waals surface area contributed by atoms with Crippen molar-refractivity contribution in [3.05, 3.63) is 59.1 Å². The highest BCUT2D eigenvalue weighted by Gasteiger charge is 2.14. The number of rotatable bonds is 6. The number of hydrogen-bond acceptors (Lipinski definition) is 4. The number of ether oxygens (including phenoxy) is 1. The van der Waals surface area contributed by atoms with Crippen molar-refractivity contribution in [3.8, 4) is 0 Å². The van der Waals surface area contributed by atoms with Gasteiger partial charge in [-0.3, -0.25) is 0 Å². The first kappa shape index (κ1) is 14.9. The monoisotopic (exact) mass is 316 g/mol. The van der Waals surface area contributed by atoms with E-state index in [1.165, 1.54) is 0 Å². The summed E-state index contributed by atoms with van der Waals surface area (Å²) >= 11 is 5.96. The highest BCUT2D eigenvalue weighted by molar-refractivity contribution is 6.30. The zero-order valence-corrected chi connectivity index (χ0v) is 13.0. The zero-order chi connectivity index (χ0) is 15.4. The number of anilines is 1. The molecule has 2 aromatic carbocycles. The van der Waals surface area contributed by atoms with Gasteiger partial charge in [-0.25, -0.2) is 0 Å². The Labute approximate surface area is 134 Å². The lowest BCUT2D eigenvalue weighted by Gasteiger charge is -2.17. The molecule has 114 valence electrons. The molecule has 0 aliphatic carbocycles. The number of halogens is 1. The van der Waals surface area contributed by atoms with Crippen molar-refractivity contribution in [1.82, 2.24) is 4.98 Å². The lowest BCUT2D eigenvalue weighted by molar-refractivity contribution is 0.190. The van der Waals surface area contributed by atoms with Crippen LogP contribution in [-0.4, -0.2) is 18.7 Å². The molecule has 1 atom stereocenters. The third kappa shape index (κ3) is 3.40. The minimum absolute atomic E-state index is 0.0466. The maximum Gasteiger partial charge on any atom is 0.296 e. The maximum absolute atomic E-state index is 5.96. The van der Waals surface area contributed by atoms with Gasteiger partial charge in [0.25, 0.3) is 6.01 Å². The second-order valence-electron chi connectivity index (χ2n) is 5.02. The number of nitrogens with zero attached hydrogens (tertiary/aromatic N) is 1. The number of para-hydroxylation sites is 2. The molecule has 22 heavy (non-hydrogen) atoms. The zero-order valence-electron chi connectivity index (χ0n) is 12.3. The van der Waals surface area contributed by atoms with Gasteiger partial charge in [0.05, 0.1) is 6.04 Å². The third-order valence-electron chi connectivity index (χ3n) is 3.47. The number of fused-ring (bicyclic) bond motifs is 1. The molecule has 1 N–H and O–H groups in total. The predicted octanol–water partition coefficient (Wildman–Crippen LogP) is 4.67. The lowest BCUT2D eigenvalue weighted by Crippen LogP contribution is -2.13. The number of methoxy groups -OCH3 is 1. The Kier molecular flexibility index (Phi) is 4.61. The number of oxazole rings is 1. The molecular formula is C17H17ClN2O2. The van der Waals surface area contributed by atoms with Crippen LogP contribution >= 0.6 is 11.6 Å². The molecule has 0 radical (unpaired) electrons. The van der Waals surface area contributed by atoms with Gasteiger partial charge < -0.3 is 14.5 Å². The fourth-order valence-electron chi connectivity index (χ4n) is 2.34. The standard InChI is InChI=1S/C17H17ClN2O2/c1-21-11-10-14(12-6-8-13(18)9-7-12)19-17-20-15-4-2-3-5-16(15)22-17/h2-9,14H,10-11H2,1H3,(H,19,20)/t14-/m1/s1. The molecule has 0 fully saturated rings. The molecule has 0 spiro atoms. The van der Waals surface area contributed by atoms with Crippen molar-refractivity contribution < 1.29 is 9.15 Å². The van der Waals surface area contributed by atoms with Crippen molar-refractivity contribution in [2.24, 2.45) is 0 Å². The Hall–Kier alpha value is -2.04. The minimum Gasteiger partial charge on any atom is -0.424 e. The number of hydrogen-bond donors (Lipinski definition) is 1. The van der Waals surface area contributed by atoms with Crippen molar-refractivity contribution in [2.75, 3.05) is 19.0 Å². The summed E-state index contributed by atoms with van der Waals surface area (Å²) in [6.07, 6.45) is 0.802. The Balaban J connectivity index is 1.83. The molecule has 0 unspecified atom stereocenters. The van der Waals surface area contributed by atoms with Gasteiger partial charge in [-0.2, -0.15) is 4.98 Å². The third-order valence-corrected chi connectivity index (χ3v) is 3.73. The molecule has 4 nitrogen and oxygen atoms in total. The molecule has 1 heterocycles. The first-order valence-electron chi connectivity index (χ1n) is 7.13. The van der Waals surface area contributed by atoms with E-state index in [0.717, 1.165) is 28.1 Å². The van der Waals surface area contributed by atoms with E-state index in [0.29, 0.717) is 12.6 Å². The van der Waals surface area contributed by atoms with Gasteiger partial charge in [-0.1, -0.05) is 35.9 Å². The van der Waals surface area contributed by atoms with Gasteiger partial charge in [-0.15, -0.1) is 0 Å². The summed E-state index contributed by atoms with van der Waals surface area (Å²) in [5, 5.41) is 4.06. The van der Waals surface area contributed by atoms with Crippen LogP contribution in [0.1, 0.15) is 18.0 Å². The first-order chi connectivity index (χ1) is 10.8. The summed E-state index contributed by atoms with van der Waals surface area (Å²) < 4.78 is 10.9. The quantitative estimate of drug-likeness (QED) is 0.718. The van der Waals surface area contributed by atoms with Crippen molar-refractivity contribution in [3.63, 3.8) is 0 Å². The van der Waals surface area contributed by atoms with Crippen molar-refractivity contribution >= 4 is 28.7 Å². The Morgan fingerprint density at radius 3 is 2.68 bits per heavy atom. The maximum atomic E-state index is 5.96. The van der Waals surface area contributed by atoms with E-state index >= 15 is 0 Å². The molecule has 0 aliphatic heterocycles. The van der Waals surface area contributed by atoms with Crippen LogP contribution in [-0.2, 0) is 4.74 Å². The molecule has 3 rings (SSSR count). The SMILES string of the molecule is COCC[C@@H](Nc1nc2ccccc2o1)c1ccc(Cl)cc1. The number of nitrogens with one attached hydrogen (secondary N) is 1. The first-order valence-corrected chi connectivity index (χ1v) is 7.50. The largest absolute Gasteiger partial charge is 0.424 e. The summed E-state index contributed by atoms with van der Waals surface area (Å²) in [5.41, 5.74) is 2.72.